The minimum atomic E-state index is 0.231. The van der Waals surface area contributed by atoms with Crippen LogP contribution in [0.2, 0.25) is 10.0 Å². The van der Waals surface area contributed by atoms with Crippen molar-refractivity contribution in [2.45, 2.75) is 6.54 Å². The summed E-state index contributed by atoms with van der Waals surface area (Å²) in [5.74, 6) is 0.785. The molecule has 0 saturated carbocycles. The third-order valence-corrected chi connectivity index (χ3v) is 2.36. The predicted octanol–water partition coefficient (Wildman–Crippen LogP) is 2.50. The molecule has 1 heterocycles. The number of hydrogen-bond acceptors (Lipinski definition) is 4. The van der Waals surface area contributed by atoms with E-state index in [1.165, 1.54) is 0 Å². The van der Waals surface area contributed by atoms with E-state index < -0.39 is 0 Å². The third-order valence-electron chi connectivity index (χ3n) is 1.81. The summed E-state index contributed by atoms with van der Waals surface area (Å²) in [6.45, 7) is 0.231. The average molecular weight is 244 g/mol. The predicted molar refractivity (Wildman–Crippen MR) is 57.6 cm³/mol. The van der Waals surface area contributed by atoms with Crippen LogP contribution in [-0.2, 0) is 6.54 Å². The van der Waals surface area contributed by atoms with E-state index >= 15 is 0 Å². The molecular formula is C9H7Cl2N3O. The number of nitrogens with two attached hydrogens (primary N) is 1. The van der Waals surface area contributed by atoms with E-state index in [1.807, 2.05) is 0 Å². The molecule has 0 aliphatic rings. The fourth-order valence-electron chi connectivity index (χ4n) is 1.11. The maximum atomic E-state index is 5.97. The first-order valence-electron chi connectivity index (χ1n) is 4.19. The Balaban J connectivity index is 2.44. The summed E-state index contributed by atoms with van der Waals surface area (Å²) in [6.07, 6.45) is 0. The van der Waals surface area contributed by atoms with Crippen molar-refractivity contribution < 1.29 is 4.52 Å². The smallest absolute Gasteiger partial charge is 0.259 e. The van der Waals surface area contributed by atoms with Gasteiger partial charge in [-0.25, -0.2) is 0 Å². The Bertz CT molecular complexity index is 484. The van der Waals surface area contributed by atoms with Crippen LogP contribution >= 0.6 is 23.2 Å². The molecule has 0 amide bonds. The van der Waals surface area contributed by atoms with Gasteiger partial charge in [0.2, 0.25) is 0 Å². The van der Waals surface area contributed by atoms with Gasteiger partial charge in [-0.05, 0) is 18.2 Å². The van der Waals surface area contributed by atoms with E-state index in [0.717, 1.165) is 0 Å². The molecule has 0 spiro atoms. The van der Waals surface area contributed by atoms with Gasteiger partial charge < -0.3 is 10.3 Å². The first-order chi connectivity index (χ1) is 7.20. The highest BCUT2D eigenvalue weighted by Crippen LogP contribution is 2.28. The summed E-state index contributed by atoms with van der Waals surface area (Å²) in [5.41, 5.74) is 6.01. The number of rotatable bonds is 2. The maximum absolute atomic E-state index is 5.97. The van der Waals surface area contributed by atoms with Crippen molar-refractivity contribution in [3.63, 3.8) is 0 Å². The zero-order chi connectivity index (χ0) is 10.8. The summed E-state index contributed by atoms with van der Waals surface area (Å²) in [7, 11) is 0. The molecule has 0 aliphatic carbocycles. The first kappa shape index (κ1) is 10.4. The average Bonchev–Trinajstić information content (AvgIpc) is 2.66. The Kier molecular flexibility index (Phi) is 2.90. The second-order valence-corrected chi connectivity index (χ2v) is 3.69. The summed E-state index contributed by atoms with van der Waals surface area (Å²) in [4.78, 5) is 4.06. The van der Waals surface area contributed by atoms with Gasteiger partial charge in [-0.2, -0.15) is 4.98 Å². The molecule has 0 radical (unpaired) electrons. The molecule has 2 aromatic rings. The lowest BCUT2D eigenvalue weighted by Crippen LogP contribution is -1.97. The second-order valence-electron chi connectivity index (χ2n) is 2.84. The van der Waals surface area contributed by atoms with Crippen LogP contribution in [0.15, 0.2) is 22.7 Å². The number of halogens is 2. The molecule has 0 atom stereocenters. The van der Waals surface area contributed by atoms with E-state index in [4.69, 9.17) is 33.5 Å². The summed E-state index contributed by atoms with van der Waals surface area (Å²) in [5, 5.41) is 4.70. The molecule has 78 valence electrons. The fourth-order valence-corrected chi connectivity index (χ4v) is 1.60. The Morgan fingerprint density at radius 1 is 1.33 bits per heavy atom. The van der Waals surface area contributed by atoms with Gasteiger partial charge in [0, 0.05) is 5.02 Å². The third kappa shape index (κ3) is 2.12. The number of benzene rings is 1. The van der Waals surface area contributed by atoms with Gasteiger partial charge in [-0.1, -0.05) is 28.4 Å². The largest absolute Gasteiger partial charge is 0.334 e. The second kappa shape index (κ2) is 4.18. The SMILES string of the molecule is NCc1noc(-c2ccc(Cl)cc2Cl)n1. The van der Waals surface area contributed by atoms with Crippen molar-refractivity contribution in [2.24, 2.45) is 5.73 Å². The Hall–Kier alpha value is -1.10. The van der Waals surface area contributed by atoms with Crippen LogP contribution < -0.4 is 5.73 Å². The van der Waals surface area contributed by atoms with Crippen LogP contribution in [0.25, 0.3) is 11.5 Å². The van der Waals surface area contributed by atoms with Crippen LogP contribution in [0.3, 0.4) is 0 Å². The molecule has 15 heavy (non-hydrogen) atoms. The van der Waals surface area contributed by atoms with Crippen LogP contribution in [0.1, 0.15) is 5.82 Å². The van der Waals surface area contributed by atoms with Crippen LogP contribution in [0.4, 0.5) is 0 Å². The summed E-state index contributed by atoms with van der Waals surface area (Å²) in [6, 6.07) is 5.04. The molecule has 0 unspecified atom stereocenters. The van der Waals surface area contributed by atoms with Gasteiger partial charge >= 0.3 is 0 Å². The number of aromatic nitrogens is 2. The Morgan fingerprint density at radius 2 is 2.13 bits per heavy atom. The summed E-state index contributed by atoms with van der Waals surface area (Å²) < 4.78 is 4.99. The van der Waals surface area contributed by atoms with E-state index in [9.17, 15) is 0 Å². The van der Waals surface area contributed by atoms with Crippen molar-refractivity contribution in [2.75, 3.05) is 0 Å². The zero-order valence-electron chi connectivity index (χ0n) is 7.58. The molecule has 1 aromatic carbocycles. The van der Waals surface area contributed by atoms with Gasteiger partial charge in [0.1, 0.15) is 0 Å². The molecule has 0 fully saturated rings. The monoisotopic (exact) mass is 243 g/mol. The maximum Gasteiger partial charge on any atom is 0.259 e. The molecule has 0 aliphatic heterocycles. The van der Waals surface area contributed by atoms with Gasteiger partial charge in [0.05, 0.1) is 17.1 Å². The number of nitrogens with zero attached hydrogens (tertiary/aromatic N) is 2. The van der Waals surface area contributed by atoms with Crippen LogP contribution in [-0.4, -0.2) is 10.1 Å². The van der Waals surface area contributed by atoms with E-state index in [0.29, 0.717) is 27.3 Å². The van der Waals surface area contributed by atoms with Crippen LogP contribution in [0, 0.1) is 0 Å². The lowest BCUT2D eigenvalue weighted by molar-refractivity contribution is 0.423. The van der Waals surface area contributed by atoms with Crippen molar-refractivity contribution >= 4 is 23.2 Å². The first-order valence-corrected chi connectivity index (χ1v) is 4.94. The molecule has 6 heteroatoms. The van der Waals surface area contributed by atoms with Gasteiger partial charge in [0.25, 0.3) is 5.89 Å². The molecule has 1 aromatic heterocycles. The minimum absolute atomic E-state index is 0.231. The minimum Gasteiger partial charge on any atom is -0.334 e. The molecule has 2 N–H and O–H groups in total. The molecular weight excluding hydrogens is 237 g/mol. The zero-order valence-corrected chi connectivity index (χ0v) is 9.09. The highest BCUT2D eigenvalue weighted by Gasteiger charge is 2.11. The van der Waals surface area contributed by atoms with Crippen molar-refractivity contribution in [3.8, 4) is 11.5 Å². The van der Waals surface area contributed by atoms with E-state index in [1.54, 1.807) is 18.2 Å². The van der Waals surface area contributed by atoms with Crippen LogP contribution in [0.5, 0.6) is 0 Å². The van der Waals surface area contributed by atoms with Crippen molar-refractivity contribution in [1.82, 2.24) is 10.1 Å². The lowest BCUT2D eigenvalue weighted by Gasteiger charge is -1.98. The molecule has 0 bridgehead atoms. The van der Waals surface area contributed by atoms with Crippen molar-refractivity contribution in [3.05, 3.63) is 34.1 Å². The Labute approximate surface area is 96.0 Å². The topological polar surface area (TPSA) is 64.9 Å². The molecule has 0 saturated heterocycles. The van der Waals surface area contributed by atoms with E-state index in [2.05, 4.69) is 10.1 Å². The van der Waals surface area contributed by atoms with Gasteiger partial charge in [-0.15, -0.1) is 0 Å². The van der Waals surface area contributed by atoms with E-state index in [-0.39, 0.29) is 6.54 Å². The highest BCUT2D eigenvalue weighted by atomic mass is 35.5. The molecule has 2 rings (SSSR count). The van der Waals surface area contributed by atoms with Crippen molar-refractivity contribution in [1.29, 1.82) is 0 Å². The highest BCUT2D eigenvalue weighted by molar-refractivity contribution is 6.36. The molecule has 4 nitrogen and oxygen atoms in total. The lowest BCUT2D eigenvalue weighted by atomic mass is 10.2. The quantitative estimate of drug-likeness (QED) is 0.881. The van der Waals surface area contributed by atoms with Gasteiger partial charge in [0.15, 0.2) is 5.82 Å². The standard InChI is InChI=1S/C9H7Cl2N3O/c10-5-1-2-6(7(11)3-5)9-13-8(4-12)14-15-9/h1-3H,4,12H2. The van der Waals surface area contributed by atoms with Gasteiger partial charge in [-0.3, -0.25) is 0 Å². The normalized spacial score (nSPS) is 10.6. The Morgan fingerprint density at radius 3 is 2.73 bits per heavy atom. The number of hydrogen-bond donors (Lipinski definition) is 1. The fraction of sp³-hybridized carbons (Fsp3) is 0.111. The summed E-state index contributed by atoms with van der Waals surface area (Å²) >= 11 is 11.7.